The molecule has 0 aromatic heterocycles. The van der Waals surface area contributed by atoms with Crippen molar-refractivity contribution in [2.45, 2.75) is 19.4 Å². The van der Waals surface area contributed by atoms with E-state index in [9.17, 15) is 0 Å². The van der Waals surface area contributed by atoms with E-state index in [1.807, 2.05) is 25.1 Å². The summed E-state index contributed by atoms with van der Waals surface area (Å²) in [6.45, 7) is 10.2. The minimum atomic E-state index is -0.0323. The highest BCUT2D eigenvalue weighted by molar-refractivity contribution is 9.10. The van der Waals surface area contributed by atoms with Crippen molar-refractivity contribution < 1.29 is 9.47 Å². The second kappa shape index (κ2) is 7.61. The van der Waals surface area contributed by atoms with E-state index in [0.29, 0.717) is 6.61 Å². The molecule has 0 spiro atoms. The third kappa shape index (κ3) is 3.79. The molecule has 2 aromatic rings. The molecule has 0 aliphatic heterocycles. The van der Waals surface area contributed by atoms with Gasteiger partial charge in [0.05, 0.1) is 19.8 Å². The van der Waals surface area contributed by atoms with Gasteiger partial charge in [-0.05, 0) is 63.8 Å². The highest BCUT2D eigenvalue weighted by Crippen LogP contribution is 2.36. The normalized spacial score (nSPS) is 12.1. The molecular formula is C19H21BrO2. The lowest BCUT2D eigenvalue weighted by Crippen LogP contribution is -2.06. The average Bonchev–Trinajstić information content (AvgIpc) is 2.51. The zero-order valence-corrected chi connectivity index (χ0v) is 14.7. The van der Waals surface area contributed by atoms with E-state index in [2.05, 4.69) is 47.3 Å². The molecule has 3 heteroatoms. The number of methoxy groups -OCH3 is 1. The highest BCUT2D eigenvalue weighted by atomic mass is 79.9. The van der Waals surface area contributed by atoms with E-state index in [0.717, 1.165) is 38.6 Å². The zero-order valence-electron chi connectivity index (χ0n) is 13.1. The molecule has 2 aromatic carbocycles. The van der Waals surface area contributed by atoms with Crippen LogP contribution in [0.3, 0.4) is 0 Å². The van der Waals surface area contributed by atoms with Crippen LogP contribution in [0.5, 0.6) is 5.75 Å². The van der Waals surface area contributed by atoms with E-state index in [1.165, 1.54) is 0 Å². The zero-order chi connectivity index (χ0) is 16.1. The van der Waals surface area contributed by atoms with Crippen LogP contribution in [-0.2, 0) is 4.74 Å². The van der Waals surface area contributed by atoms with Crippen LogP contribution in [0.1, 0.15) is 25.0 Å². The minimum absolute atomic E-state index is 0.0323. The summed E-state index contributed by atoms with van der Waals surface area (Å²) >= 11 is 3.73. The summed E-state index contributed by atoms with van der Waals surface area (Å²) in [7, 11) is 1.68. The molecule has 0 fully saturated rings. The van der Waals surface area contributed by atoms with Crippen LogP contribution < -0.4 is 4.74 Å². The van der Waals surface area contributed by atoms with Crippen LogP contribution in [0.15, 0.2) is 59.6 Å². The maximum Gasteiger partial charge on any atom is 0.119 e. The second-order valence-electron chi connectivity index (χ2n) is 5.34. The Kier molecular flexibility index (Phi) is 5.81. The van der Waals surface area contributed by atoms with Gasteiger partial charge in [-0.3, -0.25) is 0 Å². The van der Waals surface area contributed by atoms with Crippen LogP contribution >= 0.6 is 15.9 Å². The molecule has 0 saturated carbocycles. The highest BCUT2D eigenvalue weighted by Gasteiger charge is 2.16. The third-order valence-corrected chi connectivity index (χ3v) is 4.33. The molecule has 116 valence electrons. The standard InChI is InChI=1S/C19H21BrO2/c1-5-6-18(22-12-13(2)3)17-9-7-14-11-15(21-4)8-10-16(14)19(17)20/h5,7-11,18H,1-2,6,12H2,3-4H3. The number of fused-ring (bicyclic) bond motifs is 1. The molecule has 0 amide bonds. The maximum absolute atomic E-state index is 5.98. The summed E-state index contributed by atoms with van der Waals surface area (Å²) in [6, 6.07) is 10.2. The van der Waals surface area contributed by atoms with Crippen LogP contribution in [-0.4, -0.2) is 13.7 Å². The topological polar surface area (TPSA) is 18.5 Å². The Balaban J connectivity index is 2.42. The molecule has 0 aliphatic rings. The van der Waals surface area contributed by atoms with Crippen molar-refractivity contribution in [1.82, 2.24) is 0 Å². The van der Waals surface area contributed by atoms with E-state index in [-0.39, 0.29) is 6.10 Å². The Morgan fingerprint density at radius 1 is 1.32 bits per heavy atom. The van der Waals surface area contributed by atoms with E-state index < -0.39 is 0 Å². The first-order valence-corrected chi connectivity index (χ1v) is 7.99. The van der Waals surface area contributed by atoms with E-state index in [1.54, 1.807) is 7.11 Å². The second-order valence-corrected chi connectivity index (χ2v) is 6.13. The van der Waals surface area contributed by atoms with Gasteiger partial charge in [-0.15, -0.1) is 6.58 Å². The van der Waals surface area contributed by atoms with Gasteiger partial charge < -0.3 is 9.47 Å². The first-order valence-electron chi connectivity index (χ1n) is 7.19. The fourth-order valence-corrected chi connectivity index (χ4v) is 3.09. The van der Waals surface area contributed by atoms with Crippen molar-refractivity contribution in [3.63, 3.8) is 0 Å². The summed E-state index contributed by atoms with van der Waals surface area (Å²) in [4.78, 5) is 0. The van der Waals surface area contributed by atoms with Crippen molar-refractivity contribution in [1.29, 1.82) is 0 Å². The fraction of sp³-hybridized carbons (Fsp3) is 0.263. The Morgan fingerprint density at radius 3 is 2.73 bits per heavy atom. The molecule has 0 bridgehead atoms. The molecule has 0 heterocycles. The van der Waals surface area contributed by atoms with Gasteiger partial charge in [0, 0.05) is 4.47 Å². The number of benzene rings is 2. The Morgan fingerprint density at radius 2 is 2.09 bits per heavy atom. The van der Waals surface area contributed by atoms with E-state index >= 15 is 0 Å². The first-order chi connectivity index (χ1) is 10.6. The lowest BCUT2D eigenvalue weighted by Gasteiger charge is -2.19. The quantitative estimate of drug-likeness (QED) is 0.579. The summed E-state index contributed by atoms with van der Waals surface area (Å²) in [5.41, 5.74) is 2.13. The van der Waals surface area contributed by atoms with Gasteiger partial charge in [-0.25, -0.2) is 0 Å². The van der Waals surface area contributed by atoms with Crippen LogP contribution in [0.4, 0.5) is 0 Å². The summed E-state index contributed by atoms with van der Waals surface area (Å²) in [6.07, 6.45) is 2.61. The molecule has 0 N–H and O–H groups in total. The smallest absolute Gasteiger partial charge is 0.119 e. The third-order valence-electron chi connectivity index (χ3n) is 3.45. The Bertz CT molecular complexity index is 691. The molecule has 1 atom stereocenters. The van der Waals surface area contributed by atoms with Crippen molar-refractivity contribution in [3.8, 4) is 5.75 Å². The fourth-order valence-electron chi connectivity index (χ4n) is 2.34. The van der Waals surface area contributed by atoms with Gasteiger partial charge in [-0.1, -0.05) is 30.4 Å². The van der Waals surface area contributed by atoms with Gasteiger partial charge in [-0.2, -0.15) is 0 Å². The molecule has 0 saturated heterocycles. The predicted octanol–water partition coefficient (Wildman–Crippen LogP) is 5.82. The molecule has 2 rings (SSSR count). The minimum Gasteiger partial charge on any atom is -0.497 e. The summed E-state index contributed by atoms with van der Waals surface area (Å²) in [5, 5.41) is 2.28. The molecule has 0 radical (unpaired) electrons. The maximum atomic E-state index is 5.98. The SMILES string of the molecule is C=CCC(OCC(=C)C)c1ccc2cc(OC)ccc2c1Br. The van der Waals surface area contributed by atoms with Gasteiger partial charge in [0.1, 0.15) is 5.75 Å². The molecule has 2 nitrogen and oxygen atoms in total. The van der Waals surface area contributed by atoms with Gasteiger partial charge >= 0.3 is 0 Å². The molecular weight excluding hydrogens is 340 g/mol. The first kappa shape index (κ1) is 16.8. The van der Waals surface area contributed by atoms with Gasteiger partial charge in [0.15, 0.2) is 0 Å². The average molecular weight is 361 g/mol. The Hall–Kier alpha value is -1.58. The van der Waals surface area contributed by atoms with Crippen molar-refractivity contribution in [2.75, 3.05) is 13.7 Å². The largest absolute Gasteiger partial charge is 0.497 e. The molecule has 0 aliphatic carbocycles. The number of hydrogen-bond donors (Lipinski definition) is 0. The summed E-state index contributed by atoms with van der Waals surface area (Å²) in [5.74, 6) is 0.855. The number of rotatable bonds is 7. The molecule has 1 unspecified atom stereocenters. The summed E-state index contributed by atoms with van der Waals surface area (Å²) < 4.78 is 12.3. The van der Waals surface area contributed by atoms with Crippen molar-refractivity contribution in [2.24, 2.45) is 0 Å². The van der Waals surface area contributed by atoms with E-state index in [4.69, 9.17) is 9.47 Å². The monoisotopic (exact) mass is 360 g/mol. The molecule has 22 heavy (non-hydrogen) atoms. The number of hydrogen-bond acceptors (Lipinski definition) is 2. The lowest BCUT2D eigenvalue weighted by molar-refractivity contribution is 0.0716. The number of halogens is 1. The van der Waals surface area contributed by atoms with Crippen LogP contribution in [0, 0.1) is 0 Å². The lowest BCUT2D eigenvalue weighted by atomic mass is 10.0. The predicted molar refractivity (Wildman–Crippen MR) is 96.5 cm³/mol. The van der Waals surface area contributed by atoms with Gasteiger partial charge in [0.25, 0.3) is 0 Å². The van der Waals surface area contributed by atoms with Crippen LogP contribution in [0.2, 0.25) is 0 Å². The van der Waals surface area contributed by atoms with Crippen molar-refractivity contribution in [3.05, 3.63) is 65.2 Å². The van der Waals surface area contributed by atoms with Gasteiger partial charge in [0.2, 0.25) is 0 Å². The van der Waals surface area contributed by atoms with Crippen LogP contribution in [0.25, 0.3) is 10.8 Å². The number of ether oxygens (including phenoxy) is 2. The van der Waals surface area contributed by atoms with Crippen molar-refractivity contribution >= 4 is 26.7 Å². The Labute approximate surface area is 140 Å².